The van der Waals surface area contributed by atoms with Gasteiger partial charge >= 0.3 is 0 Å². The molecule has 30 heavy (non-hydrogen) atoms. The van der Waals surface area contributed by atoms with E-state index in [9.17, 15) is 0 Å². The molecule has 4 heterocycles. The van der Waals surface area contributed by atoms with Gasteiger partial charge in [0.1, 0.15) is 0 Å². The molecule has 2 aromatic carbocycles. The Labute approximate surface area is 173 Å². The van der Waals surface area contributed by atoms with E-state index in [0.29, 0.717) is 0 Å². The zero-order chi connectivity index (χ0) is 19.9. The van der Waals surface area contributed by atoms with Gasteiger partial charge in [0, 0.05) is 40.2 Å². The van der Waals surface area contributed by atoms with Crippen molar-refractivity contribution in [1.29, 1.82) is 0 Å². The summed E-state index contributed by atoms with van der Waals surface area (Å²) in [6.07, 6.45) is 16.4. The first kappa shape index (κ1) is 16.8. The van der Waals surface area contributed by atoms with Crippen molar-refractivity contribution in [3.8, 4) is 11.3 Å². The molecule has 4 aromatic rings. The fourth-order valence-corrected chi connectivity index (χ4v) is 3.91. The van der Waals surface area contributed by atoms with Gasteiger partial charge in [-0.3, -0.25) is 0 Å². The van der Waals surface area contributed by atoms with Gasteiger partial charge in [-0.25, -0.2) is 0 Å². The van der Waals surface area contributed by atoms with E-state index in [-0.39, 0.29) is 0 Å². The van der Waals surface area contributed by atoms with Gasteiger partial charge in [-0.2, -0.15) is 10.2 Å². The van der Waals surface area contributed by atoms with E-state index < -0.39 is 0 Å². The van der Waals surface area contributed by atoms with Crippen LogP contribution in [0.15, 0.2) is 97.1 Å². The van der Waals surface area contributed by atoms with Gasteiger partial charge in [-0.05, 0) is 47.6 Å². The van der Waals surface area contributed by atoms with Gasteiger partial charge in [0.15, 0.2) is 0 Å². The van der Waals surface area contributed by atoms with Crippen LogP contribution >= 0.6 is 0 Å². The topological polar surface area (TPSA) is 54.8 Å². The third-order valence-electron chi connectivity index (χ3n) is 5.55. The molecule has 2 aromatic heterocycles. The van der Waals surface area contributed by atoms with E-state index in [1.54, 1.807) is 12.4 Å². The molecule has 0 saturated heterocycles. The van der Waals surface area contributed by atoms with Gasteiger partial charge in [0.25, 0.3) is 0 Å². The van der Waals surface area contributed by atoms with Gasteiger partial charge < -0.3 is 4.90 Å². The molecule has 0 amide bonds. The molecule has 6 rings (SSSR count). The predicted molar refractivity (Wildman–Crippen MR) is 119 cm³/mol. The molecule has 142 valence electrons. The number of hydrogen-bond donors (Lipinski definition) is 0. The number of nitrogens with zero attached hydrogens (tertiary/aromatic N) is 5. The maximum atomic E-state index is 4.51. The van der Waals surface area contributed by atoms with Gasteiger partial charge in [0.2, 0.25) is 0 Å². The Bertz CT molecular complexity index is 1430. The second-order valence-corrected chi connectivity index (χ2v) is 7.42. The number of hydrogen-bond acceptors (Lipinski definition) is 5. The first-order valence-electron chi connectivity index (χ1n) is 9.86. The van der Waals surface area contributed by atoms with Crippen LogP contribution in [0, 0.1) is 0 Å². The summed E-state index contributed by atoms with van der Waals surface area (Å²) in [6, 6.07) is 14.6. The second-order valence-electron chi connectivity index (χ2n) is 7.42. The highest BCUT2D eigenvalue weighted by atomic mass is 15.1. The van der Waals surface area contributed by atoms with Crippen LogP contribution in [0.4, 0.5) is 0 Å². The maximum absolute atomic E-state index is 4.51. The van der Waals surface area contributed by atoms with Crippen LogP contribution < -0.4 is 0 Å². The number of fused-ring (bicyclic) bond motifs is 3. The Balaban J connectivity index is 1.36. The maximum Gasteiger partial charge on any atom is 0.0936 e. The molecule has 0 spiro atoms. The quantitative estimate of drug-likeness (QED) is 0.489. The van der Waals surface area contributed by atoms with E-state index in [2.05, 4.69) is 92.2 Å². The largest absolute Gasteiger partial charge is 0.344 e. The van der Waals surface area contributed by atoms with E-state index >= 15 is 0 Å². The van der Waals surface area contributed by atoms with Crippen LogP contribution in [0.25, 0.3) is 38.5 Å². The Morgan fingerprint density at radius 3 is 2.60 bits per heavy atom. The van der Waals surface area contributed by atoms with E-state index in [1.807, 2.05) is 12.1 Å². The van der Waals surface area contributed by atoms with Crippen LogP contribution in [0.2, 0.25) is 0 Å². The summed E-state index contributed by atoms with van der Waals surface area (Å²) in [4.78, 5) is 2.23. The Kier molecular flexibility index (Phi) is 3.77. The summed E-state index contributed by atoms with van der Waals surface area (Å²) in [5.41, 5.74) is 6.34. The summed E-state index contributed by atoms with van der Waals surface area (Å²) in [5.74, 6) is 0. The molecular weight excluding hydrogens is 370 g/mol. The normalized spacial score (nSPS) is 15.3. The molecule has 2 aliphatic heterocycles. The van der Waals surface area contributed by atoms with Crippen molar-refractivity contribution in [2.75, 3.05) is 6.54 Å². The van der Waals surface area contributed by atoms with E-state index in [0.717, 1.165) is 45.0 Å². The Morgan fingerprint density at radius 1 is 0.767 bits per heavy atom. The molecule has 0 saturated carbocycles. The van der Waals surface area contributed by atoms with Gasteiger partial charge in [-0.1, -0.05) is 36.4 Å². The van der Waals surface area contributed by atoms with Gasteiger partial charge in [-0.15, -0.1) is 10.2 Å². The first-order valence-corrected chi connectivity index (χ1v) is 9.86. The van der Waals surface area contributed by atoms with Crippen molar-refractivity contribution in [1.82, 2.24) is 25.3 Å². The Hall–Kier alpha value is -4.12. The zero-order valence-electron chi connectivity index (χ0n) is 16.1. The molecule has 2 aliphatic rings. The van der Waals surface area contributed by atoms with Crippen molar-refractivity contribution in [3.63, 3.8) is 0 Å². The lowest BCUT2D eigenvalue weighted by Crippen LogP contribution is -2.20. The van der Waals surface area contributed by atoms with Crippen LogP contribution in [0.3, 0.4) is 0 Å². The molecule has 0 fully saturated rings. The fourth-order valence-electron chi connectivity index (χ4n) is 3.91. The molecule has 0 unspecified atom stereocenters. The van der Waals surface area contributed by atoms with Crippen LogP contribution in [0.5, 0.6) is 0 Å². The summed E-state index contributed by atoms with van der Waals surface area (Å²) in [7, 11) is 0. The number of aromatic nitrogens is 4. The minimum absolute atomic E-state index is 0.850. The third kappa shape index (κ3) is 2.88. The molecule has 0 bridgehead atoms. The van der Waals surface area contributed by atoms with Crippen molar-refractivity contribution >= 4 is 27.2 Å². The lowest BCUT2D eigenvalue weighted by Gasteiger charge is -2.26. The molecule has 5 nitrogen and oxygen atoms in total. The number of rotatable bonds is 2. The molecule has 0 aliphatic carbocycles. The third-order valence-corrected chi connectivity index (χ3v) is 5.55. The lowest BCUT2D eigenvalue weighted by molar-refractivity contribution is 0.525. The first-order chi connectivity index (χ1) is 14.8. The van der Waals surface area contributed by atoms with Gasteiger partial charge in [0.05, 0.1) is 23.6 Å². The highest BCUT2D eigenvalue weighted by molar-refractivity contribution is 5.89. The van der Waals surface area contributed by atoms with Crippen molar-refractivity contribution < 1.29 is 0 Å². The van der Waals surface area contributed by atoms with Crippen LogP contribution in [-0.2, 0) is 0 Å². The minimum atomic E-state index is 0.850. The predicted octanol–water partition coefficient (Wildman–Crippen LogP) is 4.91. The lowest BCUT2D eigenvalue weighted by atomic mass is 9.99. The van der Waals surface area contributed by atoms with Crippen molar-refractivity contribution in [2.24, 2.45) is 0 Å². The fraction of sp³-hybridized carbons (Fsp3) is 0.0400. The number of allylic oxidation sites excluding steroid dienone is 5. The standard InChI is InChI=1S/C25H17N5/c1-2-9-30-10-8-18(12-23(30)3-1)17-4-5-20-14-25(29-28-24(20)13-17)19-6-7-21-15-26-27-16-22(21)11-19/h1-9,11-16H,10H2. The van der Waals surface area contributed by atoms with E-state index in [4.69, 9.17) is 0 Å². The van der Waals surface area contributed by atoms with Crippen LogP contribution in [0.1, 0.15) is 5.56 Å². The molecular formula is C25H17N5. The second kappa shape index (κ2) is 6.74. The highest BCUT2D eigenvalue weighted by Crippen LogP contribution is 2.29. The summed E-state index contributed by atoms with van der Waals surface area (Å²) in [6.45, 7) is 0.872. The molecule has 5 heteroatoms. The van der Waals surface area contributed by atoms with E-state index in [1.165, 1.54) is 11.3 Å². The molecule has 0 radical (unpaired) electrons. The van der Waals surface area contributed by atoms with Crippen LogP contribution in [-0.4, -0.2) is 31.8 Å². The van der Waals surface area contributed by atoms with Crippen molar-refractivity contribution in [2.45, 2.75) is 0 Å². The monoisotopic (exact) mass is 387 g/mol. The molecule has 0 N–H and O–H groups in total. The minimum Gasteiger partial charge on any atom is -0.344 e. The smallest absolute Gasteiger partial charge is 0.0936 e. The number of benzene rings is 2. The highest BCUT2D eigenvalue weighted by Gasteiger charge is 2.13. The zero-order valence-corrected chi connectivity index (χ0v) is 16.1. The summed E-state index contributed by atoms with van der Waals surface area (Å²) >= 11 is 0. The SMILES string of the molecule is C1=CC2=CC(c3ccc4cc(-c5ccc6cnncc6c5)nnc4c3)=CCN2C=C1. The van der Waals surface area contributed by atoms with Crippen molar-refractivity contribution in [3.05, 3.63) is 103 Å². The average Bonchev–Trinajstić information content (AvgIpc) is 2.83. The average molecular weight is 387 g/mol. The summed E-state index contributed by atoms with van der Waals surface area (Å²) in [5, 5.41) is 20.1. The summed E-state index contributed by atoms with van der Waals surface area (Å²) < 4.78 is 0. The molecule has 0 atom stereocenters. The Morgan fingerprint density at radius 2 is 1.63 bits per heavy atom.